The van der Waals surface area contributed by atoms with Crippen LogP contribution >= 0.6 is 0 Å². The van der Waals surface area contributed by atoms with Crippen LogP contribution in [0.5, 0.6) is 0 Å². The van der Waals surface area contributed by atoms with E-state index in [1.807, 2.05) is 0 Å². The third-order valence-electron chi connectivity index (χ3n) is 3.89. The fourth-order valence-corrected chi connectivity index (χ4v) is 0.499. The van der Waals surface area contributed by atoms with Crippen LogP contribution in [0.1, 0.15) is 20.8 Å². The first-order valence-electron chi connectivity index (χ1n) is 12.8. The van der Waals surface area contributed by atoms with Gasteiger partial charge in [-0.05, 0) is 20.8 Å². The molecule has 0 fully saturated rings. The first-order chi connectivity index (χ1) is 25.9. The smallest absolute Gasteiger partial charge is 0.422 e. The molecule has 0 saturated carbocycles. The van der Waals surface area contributed by atoms with E-state index in [9.17, 15) is 110 Å². The molecule has 0 bridgehead atoms. The Bertz CT molecular complexity index is 1210. The summed E-state index contributed by atoms with van der Waals surface area (Å²) in [7, 11) is 0. The first kappa shape index (κ1) is 72.1. The number of aliphatic hydroxyl groups is 5. The Morgan fingerprint density at radius 3 is 0.733 bits per heavy atom. The molecular weight excluding hydrogens is 916 g/mol. The second-order valence-electron chi connectivity index (χ2n) is 8.87. The molecule has 0 aromatic heterocycles. The summed E-state index contributed by atoms with van der Waals surface area (Å²) < 4.78 is 178. The lowest BCUT2D eigenvalue weighted by molar-refractivity contribution is -0.352. The zero-order valence-corrected chi connectivity index (χ0v) is 28.5. The van der Waals surface area contributed by atoms with Gasteiger partial charge in [-0.3, -0.25) is 0 Å². The highest BCUT2D eigenvalue weighted by Crippen LogP contribution is 2.30. The van der Waals surface area contributed by atoms with Gasteiger partial charge in [0.15, 0.2) is 17.3 Å². The van der Waals surface area contributed by atoms with Gasteiger partial charge in [0.2, 0.25) is 6.36 Å². The normalized spacial score (nSPS) is 14.1. The number of hydrogen-bond donors (Lipinski definition) is 5. The predicted molar refractivity (Wildman–Crippen MR) is 127 cm³/mol. The van der Waals surface area contributed by atoms with Gasteiger partial charge in [0.25, 0.3) is 6.43 Å². The minimum Gasteiger partial charge on any atom is -0.550 e. The van der Waals surface area contributed by atoms with Crippen LogP contribution in [0.4, 0.5) is 70.2 Å². The maximum absolute atomic E-state index is 11.4. The van der Waals surface area contributed by atoms with Gasteiger partial charge in [-0.1, -0.05) is 0 Å². The number of aliphatic carboxylic acids is 8. The monoisotopic (exact) mass is 938 g/mol. The molecule has 0 radical (unpaired) electrons. The van der Waals surface area contributed by atoms with E-state index in [0.29, 0.717) is 6.92 Å². The van der Waals surface area contributed by atoms with E-state index < -0.39 is 122 Å². The number of aliphatic hydroxyl groups excluding tert-OH is 3. The molecule has 0 aliphatic rings. The SMILES string of the molecule is CC(C(=O)[O-])C(F)(F)F.CC(O)(C(=O)[O-])C(F)(F)F.CC(O)(C(=O)[O-])C(F)(F)F.O=C([O-])C(F)F.O=C([O-])C(O)C(F)(F)F.O=C([O-])C(O)F.O=C([O-])CF.O=C([O-])CO. The highest BCUT2D eigenvalue weighted by molar-refractivity contribution is 5.76. The van der Waals surface area contributed by atoms with Crippen LogP contribution in [0.2, 0.25) is 0 Å². The van der Waals surface area contributed by atoms with Gasteiger partial charge in [-0.25, -0.2) is 17.6 Å². The summed E-state index contributed by atoms with van der Waals surface area (Å²) >= 11 is 0. The van der Waals surface area contributed by atoms with Crippen molar-refractivity contribution in [2.75, 3.05) is 13.3 Å². The molecule has 37 heteroatoms. The standard InChI is InChI=1S/2C4H5F3O3.C4H5F3O2.C3H3F3O3.C2H2F2O2.C2H3FO3.C2H3FO2.C2H4O3/c2*1-3(10,2(8)9)4(5,6)7;1-2(3(8)9)4(5,6)7;4-3(5,6)1(7)2(8)9;2*3-1(4)2(5)6;2*3-1-2(4)5/h2*10H,1H3,(H,8,9);2H,1H3,(H,8,9);1,7H,(H,8,9);1H,(H,5,6);1,4H,(H,5,6);1H2,(H,4,5);3H,1H2,(H,4,5)/p-8. The molecule has 0 aliphatic heterocycles. The van der Waals surface area contributed by atoms with Crippen molar-refractivity contribution in [1.82, 2.24) is 0 Å². The minimum absolute atomic E-state index is 0.113. The van der Waals surface area contributed by atoms with Crippen LogP contribution in [-0.2, 0) is 38.4 Å². The average molecular weight is 938 g/mol. The van der Waals surface area contributed by atoms with Crippen molar-refractivity contribution in [1.29, 1.82) is 0 Å². The lowest BCUT2D eigenvalue weighted by Crippen LogP contribution is -2.56. The quantitative estimate of drug-likeness (QED) is 0.141. The van der Waals surface area contributed by atoms with Crippen LogP contribution in [0.3, 0.4) is 0 Å². The summed E-state index contributed by atoms with van der Waals surface area (Å²) in [6.45, 7) is -1.51. The van der Waals surface area contributed by atoms with Gasteiger partial charge >= 0.3 is 24.7 Å². The molecule has 0 saturated heterocycles. The number of hydrogen-bond acceptors (Lipinski definition) is 21. The summed E-state index contributed by atoms with van der Waals surface area (Å²) in [6, 6.07) is 0. The van der Waals surface area contributed by atoms with E-state index >= 15 is 0 Å². The summed E-state index contributed by atoms with van der Waals surface area (Å²) in [6.07, 6.45) is -29.7. The van der Waals surface area contributed by atoms with E-state index in [2.05, 4.69) is 0 Å². The highest BCUT2D eigenvalue weighted by atomic mass is 19.4. The van der Waals surface area contributed by atoms with E-state index in [1.54, 1.807) is 0 Å². The molecule has 0 aromatic carbocycles. The van der Waals surface area contributed by atoms with E-state index in [-0.39, 0.29) is 13.8 Å². The molecule has 0 aliphatic carbocycles. The molecule has 0 heterocycles. The lowest BCUT2D eigenvalue weighted by atomic mass is 10.1. The predicted octanol–water partition coefficient (Wildman–Crippen LogP) is -9.85. The van der Waals surface area contributed by atoms with Gasteiger partial charge in [0.1, 0.15) is 18.6 Å². The Labute approximate surface area is 318 Å². The Hall–Kier alpha value is -5.56. The molecule has 60 heavy (non-hydrogen) atoms. The van der Waals surface area contributed by atoms with E-state index in [1.165, 1.54) is 0 Å². The number of carbonyl (C=O) groups excluding carboxylic acids is 8. The Balaban J connectivity index is -0.0000000870. The zero-order chi connectivity index (χ0) is 51.3. The van der Waals surface area contributed by atoms with Gasteiger partial charge in [0, 0.05) is 0 Å². The van der Waals surface area contributed by atoms with Crippen molar-refractivity contribution >= 4 is 47.8 Å². The number of carbonyl (C=O) groups is 8. The summed E-state index contributed by atoms with van der Waals surface area (Å²) in [5.74, 6) is -19.7. The number of carboxylic acid groups (broad SMARTS) is 8. The fraction of sp³-hybridized carbons (Fsp3) is 0.652. The molecule has 21 nitrogen and oxygen atoms in total. The molecule has 0 aromatic rings. The van der Waals surface area contributed by atoms with Crippen molar-refractivity contribution in [3.8, 4) is 0 Å². The molecule has 5 N–H and O–H groups in total. The highest BCUT2D eigenvalue weighted by Gasteiger charge is 2.52. The molecule has 5 unspecified atom stereocenters. The van der Waals surface area contributed by atoms with Crippen LogP contribution in [0, 0.1) is 5.92 Å². The topological polar surface area (TPSA) is 422 Å². The van der Waals surface area contributed by atoms with Crippen molar-refractivity contribution < 1.29 is 175 Å². The van der Waals surface area contributed by atoms with Crippen molar-refractivity contribution in [3.05, 3.63) is 0 Å². The largest absolute Gasteiger partial charge is 0.550 e. The van der Waals surface area contributed by atoms with Gasteiger partial charge < -0.3 is 105 Å². The van der Waals surface area contributed by atoms with Crippen LogP contribution < -0.4 is 40.9 Å². The van der Waals surface area contributed by atoms with E-state index in [4.69, 9.17) is 65.1 Å². The zero-order valence-electron chi connectivity index (χ0n) is 28.5. The van der Waals surface area contributed by atoms with Crippen molar-refractivity contribution in [3.63, 3.8) is 0 Å². The average Bonchev–Trinajstić information content (AvgIpc) is 3.03. The Morgan fingerprint density at radius 1 is 0.517 bits per heavy atom. The van der Waals surface area contributed by atoms with Crippen LogP contribution in [0.25, 0.3) is 0 Å². The van der Waals surface area contributed by atoms with Crippen molar-refractivity contribution in [2.45, 2.75) is 75.6 Å². The Morgan fingerprint density at radius 2 is 0.733 bits per heavy atom. The second kappa shape index (κ2) is 31.4. The van der Waals surface area contributed by atoms with E-state index in [0.717, 1.165) is 0 Å². The van der Waals surface area contributed by atoms with Gasteiger partial charge in [0.05, 0.1) is 48.3 Å². The summed E-state index contributed by atoms with van der Waals surface area (Å²) in [4.78, 5) is 73.6. The van der Waals surface area contributed by atoms with Gasteiger partial charge in [-0.15, -0.1) is 0 Å². The van der Waals surface area contributed by atoms with Gasteiger partial charge in [-0.2, -0.15) is 52.7 Å². The maximum atomic E-state index is 11.4. The molecule has 5 atom stereocenters. The maximum Gasteiger partial charge on any atom is 0.422 e. The molecule has 0 amide bonds. The second-order valence-corrected chi connectivity index (χ2v) is 8.87. The number of halogens is 16. The summed E-state index contributed by atoms with van der Waals surface area (Å²) in [5.41, 5.74) is -7.51. The number of carboxylic acids is 8. The van der Waals surface area contributed by atoms with Crippen LogP contribution in [0.15, 0.2) is 0 Å². The first-order valence-corrected chi connectivity index (χ1v) is 12.8. The lowest BCUT2D eigenvalue weighted by Gasteiger charge is -2.26. The number of rotatable bonds is 8. The Kier molecular flexibility index (Phi) is 37.7. The minimum atomic E-state index is -5.19. The fourth-order valence-electron chi connectivity index (χ4n) is 0.499. The molecular formula is C23H22F16O21-8. The molecule has 0 rings (SSSR count). The summed E-state index contributed by atoms with van der Waals surface area (Å²) in [5, 5.41) is 112. The molecule has 360 valence electrons. The number of alkyl halides is 16. The third-order valence-corrected chi connectivity index (χ3v) is 3.89. The van der Waals surface area contributed by atoms with Crippen LogP contribution in [-0.4, -0.2) is 141 Å². The van der Waals surface area contributed by atoms with Crippen molar-refractivity contribution in [2.24, 2.45) is 5.92 Å². The molecule has 0 spiro atoms. The third kappa shape index (κ3) is 43.6.